The number of rotatable bonds is 7. The molecule has 27 heavy (non-hydrogen) atoms. The minimum Gasteiger partial charge on any atom is -0.494 e. The Bertz CT molecular complexity index is 702. The molecule has 1 aromatic rings. The van der Waals surface area contributed by atoms with E-state index in [2.05, 4.69) is 22.3 Å². The van der Waals surface area contributed by atoms with Crippen molar-refractivity contribution in [3.8, 4) is 5.75 Å². The van der Waals surface area contributed by atoms with Crippen molar-refractivity contribution < 1.29 is 23.8 Å². The van der Waals surface area contributed by atoms with Gasteiger partial charge in [-0.25, -0.2) is 0 Å². The van der Waals surface area contributed by atoms with Crippen LogP contribution in [0.2, 0.25) is 0 Å². The summed E-state index contributed by atoms with van der Waals surface area (Å²) in [6, 6.07) is 5.93. The molecule has 7 nitrogen and oxygen atoms in total. The number of carbonyl (C=O) groups excluding carboxylic acids is 2. The number of nitrogens with one attached hydrogen (secondary N) is 1. The third-order valence-corrected chi connectivity index (χ3v) is 5.37. The van der Waals surface area contributed by atoms with E-state index >= 15 is 0 Å². The van der Waals surface area contributed by atoms with Gasteiger partial charge in [0.2, 0.25) is 11.8 Å². The van der Waals surface area contributed by atoms with Crippen LogP contribution in [0.3, 0.4) is 0 Å². The molecule has 3 aliphatic rings. The summed E-state index contributed by atoms with van der Waals surface area (Å²) < 4.78 is 16.7. The Hall–Kier alpha value is -1.96. The molecule has 1 aromatic carbocycles. The van der Waals surface area contributed by atoms with Crippen molar-refractivity contribution in [3.63, 3.8) is 0 Å². The number of piperidine rings is 1. The number of hydrogen-bond acceptors (Lipinski definition) is 6. The predicted octanol–water partition coefficient (Wildman–Crippen LogP) is 1.73. The predicted molar refractivity (Wildman–Crippen MR) is 96.9 cm³/mol. The Labute approximate surface area is 158 Å². The lowest BCUT2D eigenvalue weighted by atomic mass is 10.0. The highest BCUT2D eigenvalue weighted by atomic mass is 16.7. The highest BCUT2D eigenvalue weighted by molar-refractivity contribution is 6.00. The second-order valence-corrected chi connectivity index (χ2v) is 7.32. The van der Waals surface area contributed by atoms with Crippen LogP contribution in [-0.2, 0) is 32.2 Å². The van der Waals surface area contributed by atoms with Gasteiger partial charge >= 0.3 is 0 Å². The first-order valence-corrected chi connectivity index (χ1v) is 9.74. The Kier molecular flexibility index (Phi) is 5.71. The monoisotopic (exact) mass is 374 g/mol. The Balaban J connectivity index is 1.24. The van der Waals surface area contributed by atoms with E-state index in [1.165, 1.54) is 11.1 Å². The fourth-order valence-corrected chi connectivity index (χ4v) is 3.91. The van der Waals surface area contributed by atoms with Crippen molar-refractivity contribution in [2.75, 3.05) is 19.8 Å². The number of unbranched alkanes of at least 4 members (excludes halogenated alkanes) is 1. The maximum atomic E-state index is 12.1. The quantitative estimate of drug-likeness (QED) is 0.579. The van der Waals surface area contributed by atoms with Crippen LogP contribution in [0.25, 0.3) is 0 Å². The molecule has 3 aliphatic heterocycles. The van der Waals surface area contributed by atoms with E-state index in [9.17, 15) is 9.59 Å². The van der Waals surface area contributed by atoms with E-state index in [0.717, 1.165) is 38.1 Å². The maximum absolute atomic E-state index is 12.1. The van der Waals surface area contributed by atoms with Gasteiger partial charge in [-0.3, -0.25) is 19.8 Å². The zero-order chi connectivity index (χ0) is 18.6. The third-order valence-electron chi connectivity index (χ3n) is 5.37. The van der Waals surface area contributed by atoms with Crippen LogP contribution < -0.4 is 10.1 Å². The summed E-state index contributed by atoms with van der Waals surface area (Å²) in [5.74, 6) is 0.521. The van der Waals surface area contributed by atoms with Gasteiger partial charge in [0.05, 0.1) is 25.9 Å². The SMILES string of the molecule is O=C1CCC(N2Cc3ccc(OCCCCC4OCCO4)cc3C2)C(=O)N1. The molecule has 0 radical (unpaired) electrons. The van der Waals surface area contributed by atoms with Crippen molar-refractivity contribution in [3.05, 3.63) is 29.3 Å². The Morgan fingerprint density at radius 3 is 2.74 bits per heavy atom. The normalized spacial score (nSPS) is 23.5. The van der Waals surface area contributed by atoms with Gasteiger partial charge in [-0.2, -0.15) is 0 Å². The van der Waals surface area contributed by atoms with E-state index in [4.69, 9.17) is 14.2 Å². The number of hydrogen-bond donors (Lipinski definition) is 1. The number of amides is 2. The van der Waals surface area contributed by atoms with Crippen LogP contribution in [0.4, 0.5) is 0 Å². The molecule has 2 fully saturated rings. The zero-order valence-corrected chi connectivity index (χ0v) is 15.4. The van der Waals surface area contributed by atoms with Crippen molar-refractivity contribution >= 4 is 11.8 Å². The molecule has 2 amide bonds. The van der Waals surface area contributed by atoms with Gasteiger partial charge in [0.25, 0.3) is 0 Å². The van der Waals surface area contributed by atoms with Crippen LogP contribution >= 0.6 is 0 Å². The number of imide groups is 1. The summed E-state index contributed by atoms with van der Waals surface area (Å²) in [5.41, 5.74) is 2.42. The molecule has 0 spiro atoms. The Morgan fingerprint density at radius 1 is 1.11 bits per heavy atom. The molecule has 1 N–H and O–H groups in total. The zero-order valence-electron chi connectivity index (χ0n) is 15.4. The summed E-state index contributed by atoms with van der Waals surface area (Å²) in [5, 5.41) is 2.44. The summed E-state index contributed by atoms with van der Waals surface area (Å²) >= 11 is 0. The molecule has 146 valence electrons. The minimum absolute atomic E-state index is 0.0386. The number of carbonyl (C=O) groups is 2. The van der Waals surface area contributed by atoms with E-state index in [1.54, 1.807) is 0 Å². The molecule has 0 aromatic heterocycles. The second kappa shape index (κ2) is 8.37. The van der Waals surface area contributed by atoms with Gasteiger partial charge in [0, 0.05) is 19.5 Å². The average Bonchev–Trinajstić information content (AvgIpc) is 3.30. The first-order chi connectivity index (χ1) is 13.2. The molecular formula is C20H26N2O5. The van der Waals surface area contributed by atoms with Crippen molar-refractivity contribution in [2.24, 2.45) is 0 Å². The van der Waals surface area contributed by atoms with E-state index in [0.29, 0.717) is 32.7 Å². The standard InChI is InChI=1S/C20H26N2O5/c23-18-7-6-17(20(24)21-18)22-12-14-4-5-16(11-15(14)13-22)25-8-2-1-3-19-26-9-10-27-19/h4-5,11,17,19H,1-3,6-10,12-13H2,(H,21,23,24). The summed E-state index contributed by atoms with van der Waals surface area (Å²) in [6.45, 7) is 3.53. The third kappa shape index (κ3) is 4.48. The topological polar surface area (TPSA) is 77.1 Å². The summed E-state index contributed by atoms with van der Waals surface area (Å²) in [4.78, 5) is 25.6. The van der Waals surface area contributed by atoms with Gasteiger partial charge in [0.1, 0.15) is 5.75 Å². The lowest BCUT2D eigenvalue weighted by Crippen LogP contribution is -2.50. The molecule has 0 aliphatic carbocycles. The van der Waals surface area contributed by atoms with Crippen LogP contribution in [0.15, 0.2) is 18.2 Å². The fraction of sp³-hybridized carbons (Fsp3) is 0.600. The van der Waals surface area contributed by atoms with Crippen LogP contribution in [0.5, 0.6) is 5.75 Å². The van der Waals surface area contributed by atoms with Crippen LogP contribution in [0, 0.1) is 0 Å². The number of ether oxygens (including phenoxy) is 3. The van der Waals surface area contributed by atoms with E-state index in [1.807, 2.05) is 6.07 Å². The molecular weight excluding hydrogens is 348 g/mol. The van der Waals surface area contributed by atoms with Gasteiger partial charge < -0.3 is 14.2 Å². The molecule has 0 bridgehead atoms. The van der Waals surface area contributed by atoms with E-state index in [-0.39, 0.29) is 24.1 Å². The minimum atomic E-state index is -0.223. The average molecular weight is 374 g/mol. The number of fused-ring (bicyclic) bond motifs is 1. The van der Waals surface area contributed by atoms with Crippen molar-refractivity contribution in [2.45, 2.75) is 57.5 Å². The number of benzene rings is 1. The summed E-state index contributed by atoms with van der Waals surface area (Å²) in [6.07, 6.45) is 3.85. The largest absolute Gasteiger partial charge is 0.494 e. The smallest absolute Gasteiger partial charge is 0.243 e. The maximum Gasteiger partial charge on any atom is 0.243 e. The highest BCUT2D eigenvalue weighted by Crippen LogP contribution is 2.30. The van der Waals surface area contributed by atoms with E-state index < -0.39 is 0 Å². The van der Waals surface area contributed by atoms with Gasteiger partial charge in [-0.1, -0.05) is 6.07 Å². The molecule has 1 atom stereocenters. The lowest BCUT2D eigenvalue weighted by Gasteiger charge is -2.29. The van der Waals surface area contributed by atoms with Crippen LogP contribution in [-0.4, -0.2) is 48.9 Å². The van der Waals surface area contributed by atoms with Gasteiger partial charge in [0.15, 0.2) is 6.29 Å². The molecule has 7 heteroatoms. The van der Waals surface area contributed by atoms with Crippen LogP contribution in [0.1, 0.15) is 43.2 Å². The number of nitrogens with zero attached hydrogens (tertiary/aromatic N) is 1. The van der Waals surface area contributed by atoms with Crippen molar-refractivity contribution in [1.29, 1.82) is 0 Å². The van der Waals surface area contributed by atoms with Gasteiger partial charge in [-0.15, -0.1) is 0 Å². The fourth-order valence-electron chi connectivity index (χ4n) is 3.91. The molecule has 3 heterocycles. The van der Waals surface area contributed by atoms with Crippen molar-refractivity contribution in [1.82, 2.24) is 10.2 Å². The summed E-state index contributed by atoms with van der Waals surface area (Å²) in [7, 11) is 0. The molecule has 2 saturated heterocycles. The first-order valence-electron chi connectivity index (χ1n) is 9.74. The molecule has 4 rings (SSSR count). The first kappa shape index (κ1) is 18.4. The second-order valence-electron chi connectivity index (χ2n) is 7.32. The highest BCUT2D eigenvalue weighted by Gasteiger charge is 2.34. The lowest BCUT2D eigenvalue weighted by molar-refractivity contribution is -0.137. The molecule has 0 saturated carbocycles. The van der Waals surface area contributed by atoms with Gasteiger partial charge in [-0.05, 0) is 48.9 Å². The Morgan fingerprint density at radius 2 is 1.93 bits per heavy atom. The molecule has 1 unspecified atom stereocenters.